The maximum Gasteiger partial charge on any atom is 0.0541 e. The number of aromatic nitrogens is 4. The van der Waals surface area contributed by atoms with Gasteiger partial charge in [-0.25, -0.2) is 0 Å². The molecular weight excluding hydrogens is 1750 g/mol. The lowest BCUT2D eigenvalue weighted by atomic mass is 9.86. The van der Waals surface area contributed by atoms with E-state index in [0.29, 0.717) is 0 Å². The Morgan fingerprint density at radius 2 is 0.214 bits per heavy atom. The monoisotopic (exact) mass is 1890 g/mol. The summed E-state index contributed by atoms with van der Waals surface area (Å²) in [6.07, 6.45) is 0. The maximum atomic E-state index is 2.58. The Morgan fingerprint density at radius 1 is 0.110 bits per heavy atom. The number of hydrogen-bond donors (Lipinski definition) is 0. The Balaban J connectivity index is 0.0000124. The van der Waals surface area contributed by atoms with Gasteiger partial charge in [0.15, 0.2) is 0 Å². The molecule has 0 bridgehead atoms. The minimum Gasteiger partial charge on any atom is -0.309 e. The van der Waals surface area contributed by atoms with E-state index in [1.807, 2.05) is 0 Å². The lowest BCUT2D eigenvalue weighted by Crippen LogP contribution is -2.10. The van der Waals surface area contributed by atoms with Crippen molar-refractivity contribution in [2.24, 2.45) is 0 Å². The quantitative estimate of drug-likeness (QED) is 0.110. The molecule has 4 nitrogen and oxygen atoms in total. The van der Waals surface area contributed by atoms with Gasteiger partial charge in [-0.15, -0.1) is 0 Å². The molecule has 0 atom stereocenters. The van der Waals surface area contributed by atoms with Gasteiger partial charge in [-0.05, 0) is 321 Å². The van der Waals surface area contributed by atoms with Crippen LogP contribution in [0.5, 0.6) is 0 Å². The van der Waals surface area contributed by atoms with Gasteiger partial charge in [-0.2, -0.15) is 0 Å². The van der Waals surface area contributed by atoms with Crippen LogP contribution in [-0.2, 0) is 43.3 Å². The fourth-order valence-electron chi connectivity index (χ4n) is 22.0. The van der Waals surface area contributed by atoms with Crippen LogP contribution in [0.3, 0.4) is 0 Å². The topological polar surface area (TPSA) is 19.7 Å². The van der Waals surface area contributed by atoms with Gasteiger partial charge in [0.1, 0.15) is 0 Å². The highest BCUT2D eigenvalue weighted by Crippen LogP contribution is 2.49. The first-order valence-electron chi connectivity index (χ1n) is 51.9. The Hall–Kier alpha value is -14.8. The summed E-state index contributed by atoms with van der Waals surface area (Å²) < 4.78 is 10.3. The summed E-state index contributed by atoms with van der Waals surface area (Å²) in [4.78, 5) is 0. The van der Waals surface area contributed by atoms with E-state index in [4.69, 9.17) is 0 Å². The largest absolute Gasteiger partial charge is 0.309 e. The van der Waals surface area contributed by atoms with E-state index < -0.39 is 0 Å². The van der Waals surface area contributed by atoms with E-state index in [-0.39, 0.29) is 50.7 Å². The molecule has 0 saturated heterocycles. The summed E-state index contributed by atoms with van der Waals surface area (Å²) in [5, 5.41) is 9.43. The smallest absolute Gasteiger partial charge is 0.0541 e. The van der Waals surface area contributed by atoms with E-state index in [9.17, 15) is 0 Å². The molecule has 0 N–H and O–H groups in total. The van der Waals surface area contributed by atoms with Crippen molar-refractivity contribution in [1.82, 2.24) is 18.3 Å². The van der Waals surface area contributed by atoms with Crippen molar-refractivity contribution in [1.29, 1.82) is 0 Å². The van der Waals surface area contributed by atoms with Crippen LogP contribution in [0.15, 0.2) is 376 Å². The minimum atomic E-state index is -0.00279. The Morgan fingerprint density at radius 3 is 0.317 bits per heavy atom. The standard InChI is InChI=1S/C140H134N4.CH4/c1-133(2,3)105-49-25-87(26-50-105)95-41-65-125-117(77-95)118-78-96(88-27-51-106(52-28-88)134(4,5)6)42-66-126(118)141(125)113-73-103(74-114(85-113)142-127-67-43-97(89-29-53-107(54-30-89)135(7,8)9)79-119(127)120-80-98(44-68-128(120)142)90-31-55-108(56-32-90)136(10,11)12)104-75-115(143-129-69-45-99(91-33-57-109(58-34-91)137(13,14)15)81-121(129)122-82-100(46-70-130(122)143)92-35-59-110(60-36-92)138(16,17)18)86-116(76-104)144-131-71-47-101(93-37-61-111(62-38-93)139(19,20)21)83-123(131)124-84-102(48-72-132(124)144)94-39-63-112(64-40-94)140(22,23)24;/h25-86H,1-24H3;1H4. The molecular formula is C141H138N4. The van der Waals surface area contributed by atoms with E-state index in [0.717, 1.165) is 78.0 Å². The normalized spacial score (nSPS) is 12.8. The third-order valence-electron chi connectivity index (χ3n) is 30.9. The molecule has 22 rings (SSSR count). The van der Waals surface area contributed by atoms with Gasteiger partial charge >= 0.3 is 0 Å². The molecule has 18 aromatic carbocycles. The van der Waals surface area contributed by atoms with Crippen LogP contribution in [0.4, 0.5) is 0 Å². The molecule has 0 amide bonds. The summed E-state index contributed by atoms with van der Waals surface area (Å²) in [5.74, 6) is 0. The van der Waals surface area contributed by atoms with E-state index in [2.05, 4.69) is 561 Å². The number of rotatable bonds is 13. The van der Waals surface area contributed by atoms with Crippen molar-refractivity contribution in [2.45, 2.75) is 217 Å². The van der Waals surface area contributed by atoms with Gasteiger partial charge in [-0.3, -0.25) is 0 Å². The number of fused-ring (bicyclic) bond motifs is 12. The van der Waals surface area contributed by atoms with Crippen molar-refractivity contribution in [2.75, 3.05) is 0 Å². The molecule has 0 aliphatic rings. The SMILES string of the molecule is C.CC(C)(C)c1ccc(-c2ccc3c(c2)c2cc(-c4ccc(C(C)(C)C)cc4)ccc2n3-c2cc(-c3cc(-n4c5ccc(-c6ccc(C(C)(C)C)cc6)cc5c5cc(-c6ccc(C(C)(C)C)cc6)ccc54)cc(-n4c5ccc(-c6ccc(C(C)(C)C)cc6)cc5c5cc(-c6ccc(C(C)(C)C)cc6)ccc54)c3)cc(-n3c4ccc(-c5ccc(C(C)(C)C)cc5)cc4c4cc(-c5ccc(C(C)(C)C)cc5)ccc43)c2)cc1. The zero-order valence-electron chi connectivity index (χ0n) is 88.6. The first-order chi connectivity index (χ1) is 68.3. The highest BCUT2D eigenvalue weighted by molar-refractivity contribution is 6.16. The molecule has 145 heavy (non-hydrogen) atoms. The van der Waals surface area contributed by atoms with Crippen molar-refractivity contribution in [3.8, 4) is 123 Å². The van der Waals surface area contributed by atoms with Crippen LogP contribution >= 0.6 is 0 Å². The highest BCUT2D eigenvalue weighted by Gasteiger charge is 2.29. The van der Waals surface area contributed by atoms with Crippen LogP contribution in [0.1, 0.15) is 218 Å². The molecule has 0 aliphatic heterocycles. The van der Waals surface area contributed by atoms with Gasteiger partial charge in [0.25, 0.3) is 0 Å². The molecule has 722 valence electrons. The lowest BCUT2D eigenvalue weighted by molar-refractivity contribution is 0.590. The molecule has 4 heterocycles. The van der Waals surface area contributed by atoms with E-state index in [1.54, 1.807) is 0 Å². The van der Waals surface area contributed by atoms with Crippen molar-refractivity contribution in [3.05, 3.63) is 421 Å². The average Bonchev–Trinajstić information content (AvgIpc) is 1.58. The zero-order chi connectivity index (χ0) is 101. The zero-order valence-corrected chi connectivity index (χ0v) is 88.6. The molecule has 0 spiro atoms. The van der Waals surface area contributed by atoms with Crippen molar-refractivity contribution in [3.63, 3.8) is 0 Å². The van der Waals surface area contributed by atoms with Gasteiger partial charge in [0.05, 0.1) is 44.1 Å². The maximum absolute atomic E-state index is 2.58. The Labute approximate surface area is 859 Å². The summed E-state index contributed by atoms with van der Waals surface area (Å²) in [5.41, 5.74) is 44.4. The second-order valence-corrected chi connectivity index (χ2v) is 49.3. The number of hydrogen-bond acceptors (Lipinski definition) is 0. The molecule has 4 heteroatoms. The second kappa shape index (κ2) is 35.3. The molecule has 22 aromatic rings. The van der Waals surface area contributed by atoms with Crippen LogP contribution in [0.2, 0.25) is 0 Å². The Bertz CT molecular complexity index is 7310. The summed E-state index contributed by atoms with van der Waals surface area (Å²) in [6, 6.07) is 147. The molecule has 0 fully saturated rings. The second-order valence-electron chi connectivity index (χ2n) is 49.3. The summed E-state index contributed by atoms with van der Waals surface area (Å²) >= 11 is 0. The predicted molar refractivity (Wildman–Crippen MR) is 629 cm³/mol. The Kier molecular flexibility index (Phi) is 23.4. The van der Waals surface area contributed by atoms with Crippen LogP contribution < -0.4 is 0 Å². The molecule has 0 unspecified atom stereocenters. The first kappa shape index (κ1) is 96.3. The van der Waals surface area contributed by atoms with Crippen molar-refractivity contribution >= 4 is 87.2 Å². The van der Waals surface area contributed by atoms with Gasteiger partial charge in [-0.1, -0.05) is 416 Å². The third-order valence-corrected chi connectivity index (χ3v) is 30.9. The molecule has 4 aromatic heterocycles. The molecule has 0 saturated carbocycles. The highest BCUT2D eigenvalue weighted by atomic mass is 15.0. The fourth-order valence-corrected chi connectivity index (χ4v) is 22.0. The van der Waals surface area contributed by atoms with Gasteiger partial charge in [0.2, 0.25) is 0 Å². The predicted octanol–water partition coefficient (Wildman–Crippen LogP) is 40.1. The fraction of sp³-hybridized carbons (Fsp3) is 0.234. The van der Waals surface area contributed by atoms with Crippen LogP contribution in [-0.4, -0.2) is 18.3 Å². The summed E-state index contributed by atoms with van der Waals surface area (Å²) in [6.45, 7) is 55.3. The molecule has 0 radical (unpaired) electrons. The average molecular weight is 1890 g/mol. The van der Waals surface area contributed by atoms with Gasteiger partial charge < -0.3 is 18.3 Å². The van der Waals surface area contributed by atoms with Crippen LogP contribution in [0.25, 0.3) is 210 Å². The first-order valence-corrected chi connectivity index (χ1v) is 51.9. The van der Waals surface area contributed by atoms with Gasteiger partial charge in [0, 0.05) is 65.8 Å². The molecule has 0 aliphatic carbocycles. The number of benzene rings is 18. The minimum absolute atomic E-state index is 0. The summed E-state index contributed by atoms with van der Waals surface area (Å²) in [7, 11) is 0. The van der Waals surface area contributed by atoms with E-state index in [1.165, 1.54) is 177 Å². The van der Waals surface area contributed by atoms with Crippen molar-refractivity contribution < 1.29 is 0 Å². The number of nitrogens with zero attached hydrogens (tertiary/aromatic N) is 4. The third kappa shape index (κ3) is 17.9. The van der Waals surface area contributed by atoms with E-state index >= 15 is 0 Å². The lowest BCUT2D eigenvalue weighted by Gasteiger charge is -2.20. The van der Waals surface area contributed by atoms with Crippen LogP contribution in [0, 0.1) is 0 Å².